The van der Waals surface area contributed by atoms with E-state index in [0.29, 0.717) is 22.9 Å². The second-order valence-corrected chi connectivity index (χ2v) is 8.01. The molecule has 1 fully saturated rings. The van der Waals surface area contributed by atoms with Crippen LogP contribution in [-0.4, -0.2) is 24.0 Å². The van der Waals surface area contributed by atoms with Crippen molar-refractivity contribution in [3.8, 4) is 0 Å². The Morgan fingerprint density at radius 3 is 2.90 bits per heavy atom. The van der Waals surface area contributed by atoms with Crippen LogP contribution in [0, 0.1) is 12.7 Å². The van der Waals surface area contributed by atoms with E-state index in [2.05, 4.69) is 20.5 Å². The molecule has 156 valence electrons. The molecule has 2 aliphatic heterocycles. The van der Waals surface area contributed by atoms with Crippen LogP contribution in [0.15, 0.2) is 67.0 Å². The van der Waals surface area contributed by atoms with Crippen molar-refractivity contribution in [1.82, 2.24) is 4.98 Å². The van der Waals surface area contributed by atoms with Gasteiger partial charge in [0.25, 0.3) is 5.91 Å². The lowest BCUT2D eigenvalue weighted by molar-refractivity contribution is -0.110. The molecule has 5 rings (SSSR count). The van der Waals surface area contributed by atoms with E-state index in [0.717, 1.165) is 42.0 Å². The molecule has 0 bridgehead atoms. The van der Waals surface area contributed by atoms with Crippen molar-refractivity contribution in [1.29, 1.82) is 0 Å². The van der Waals surface area contributed by atoms with Gasteiger partial charge in [0.05, 0.1) is 11.3 Å². The molecule has 2 aliphatic rings. The Morgan fingerprint density at radius 2 is 2.10 bits per heavy atom. The summed E-state index contributed by atoms with van der Waals surface area (Å²) in [6.07, 6.45) is 4.41. The second kappa shape index (κ2) is 7.87. The Bertz CT molecular complexity index is 1180. The topological polar surface area (TPSA) is 57.3 Å². The molecule has 31 heavy (non-hydrogen) atoms. The van der Waals surface area contributed by atoms with Crippen LogP contribution >= 0.6 is 0 Å². The normalized spacial score (nSPS) is 18.9. The molecule has 2 aromatic carbocycles. The van der Waals surface area contributed by atoms with Gasteiger partial charge in [0, 0.05) is 54.0 Å². The Hall–Kier alpha value is -3.67. The summed E-state index contributed by atoms with van der Waals surface area (Å²) in [5.74, 6) is -0.128. The highest BCUT2D eigenvalue weighted by atomic mass is 19.1. The number of hydrogen-bond acceptors (Lipinski definition) is 4. The quantitative estimate of drug-likeness (QED) is 0.595. The SMILES string of the molecule is Cc1cccc2c1/C(=C/Nc1ccc(N3CCC(c4ccccn4)C3)c(F)c1)C(=O)N2. The van der Waals surface area contributed by atoms with E-state index in [1.807, 2.05) is 49.4 Å². The molecule has 1 aromatic heterocycles. The molecule has 3 aromatic rings. The average Bonchev–Trinajstić information content (AvgIpc) is 3.38. The third-order valence-corrected chi connectivity index (χ3v) is 6.00. The first-order valence-electron chi connectivity index (χ1n) is 10.4. The zero-order chi connectivity index (χ0) is 21.4. The minimum Gasteiger partial charge on any atom is -0.368 e. The molecule has 0 saturated carbocycles. The number of hydrogen-bond donors (Lipinski definition) is 2. The van der Waals surface area contributed by atoms with Gasteiger partial charge in [0.2, 0.25) is 0 Å². The summed E-state index contributed by atoms with van der Waals surface area (Å²) in [4.78, 5) is 18.9. The smallest absolute Gasteiger partial charge is 0.257 e. The van der Waals surface area contributed by atoms with E-state index in [9.17, 15) is 9.18 Å². The maximum absolute atomic E-state index is 14.9. The molecule has 1 unspecified atom stereocenters. The predicted molar refractivity (Wildman–Crippen MR) is 122 cm³/mol. The lowest BCUT2D eigenvalue weighted by Crippen LogP contribution is -2.20. The fourth-order valence-electron chi connectivity index (χ4n) is 4.42. The molecule has 0 aliphatic carbocycles. The van der Waals surface area contributed by atoms with Crippen molar-refractivity contribution in [2.75, 3.05) is 28.6 Å². The molecule has 2 N–H and O–H groups in total. The Kier molecular flexibility index (Phi) is 4.90. The van der Waals surface area contributed by atoms with Gasteiger partial charge in [-0.3, -0.25) is 9.78 Å². The average molecular weight is 414 g/mol. The fraction of sp³-hybridized carbons (Fsp3) is 0.200. The Morgan fingerprint density at radius 1 is 1.19 bits per heavy atom. The summed E-state index contributed by atoms with van der Waals surface area (Å²) < 4.78 is 14.9. The summed E-state index contributed by atoms with van der Waals surface area (Å²) in [6.45, 7) is 3.52. The Balaban J connectivity index is 1.32. The van der Waals surface area contributed by atoms with Gasteiger partial charge in [0.15, 0.2) is 0 Å². The maximum Gasteiger partial charge on any atom is 0.257 e. The van der Waals surface area contributed by atoms with Gasteiger partial charge >= 0.3 is 0 Å². The lowest BCUT2D eigenvalue weighted by atomic mass is 10.0. The fourth-order valence-corrected chi connectivity index (χ4v) is 4.42. The minimum absolute atomic E-state index is 0.161. The predicted octanol–water partition coefficient (Wildman–Crippen LogP) is 4.93. The van der Waals surface area contributed by atoms with Crippen LogP contribution in [0.1, 0.15) is 29.2 Å². The van der Waals surface area contributed by atoms with Crippen LogP contribution in [-0.2, 0) is 4.79 Å². The zero-order valence-electron chi connectivity index (χ0n) is 17.2. The highest BCUT2D eigenvalue weighted by Gasteiger charge is 2.27. The number of anilines is 3. The van der Waals surface area contributed by atoms with Crippen molar-refractivity contribution in [2.45, 2.75) is 19.3 Å². The van der Waals surface area contributed by atoms with Crippen molar-refractivity contribution >= 4 is 28.5 Å². The summed E-state index contributed by atoms with van der Waals surface area (Å²) in [5, 5.41) is 5.95. The van der Waals surface area contributed by atoms with Crippen molar-refractivity contribution in [3.05, 3.63) is 89.6 Å². The van der Waals surface area contributed by atoms with E-state index in [1.165, 1.54) is 6.07 Å². The van der Waals surface area contributed by atoms with Gasteiger partial charge in [-0.1, -0.05) is 18.2 Å². The number of halogens is 1. The lowest BCUT2D eigenvalue weighted by Gasteiger charge is -2.20. The number of fused-ring (bicyclic) bond motifs is 1. The summed E-state index contributed by atoms with van der Waals surface area (Å²) >= 11 is 0. The maximum atomic E-state index is 14.9. The van der Waals surface area contributed by atoms with E-state index in [1.54, 1.807) is 18.5 Å². The molecule has 0 radical (unpaired) electrons. The van der Waals surface area contributed by atoms with E-state index >= 15 is 0 Å². The van der Waals surface area contributed by atoms with Crippen LogP contribution in [0.3, 0.4) is 0 Å². The summed E-state index contributed by atoms with van der Waals surface area (Å²) in [5.41, 5.74) is 5.50. The number of rotatable bonds is 4. The van der Waals surface area contributed by atoms with E-state index in [4.69, 9.17) is 0 Å². The van der Waals surface area contributed by atoms with Crippen LogP contribution in [0.4, 0.5) is 21.5 Å². The highest BCUT2D eigenvalue weighted by Crippen LogP contribution is 2.35. The number of carbonyl (C=O) groups is 1. The number of aromatic nitrogens is 1. The Labute approximate surface area is 180 Å². The van der Waals surface area contributed by atoms with Gasteiger partial charge in [-0.25, -0.2) is 4.39 Å². The van der Waals surface area contributed by atoms with Gasteiger partial charge in [0.1, 0.15) is 5.82 Å². The molecule has 3 heterocycles. The molecule has 5 nitrogen and oxygen atoms in total. The minimum atomic E-state index is -0.280. The summed E-state index contributed by atoms with van der Waals surface area (Å²) in [6, 6.07) is 16.8. The van der Waals surface area contributed by atoms with Crippen LogP contribution in [0.5, 0.6) is 0 Å². The first-order valence-corrected chi connectivity index (χ1v) is 10.4. The molecule has 1 saturated heterocycles. The van der Waals surface area contributed by atoms with E-state index < -0.39 is 0 Å². The molecule has 1 atom stereocenters. The molecule has 0 spiro atoms. The first kappa shape index (κ1) is 19.3. The van der Waals surface area contributed by atoms with Crippen LogP contribution in [0.2, 0.25) is 0 Å². The molecular weight excluding hydrogens is 391 g/mol. The summed E-state index contributed by atoms with van der Waals surface area (Å²) in [7, 11) is 0. The van der Waals surface area contributed by atoms with Crippen molar-refractivity contribution in [3.63, 3.8) is 0 Å². The second-order valence-electron chi connectivity index (χ2n) is 8.01. The number of nitrogens with zero attached hydrogens (tertiary/aromatic N) is 2. The third kappa shape index (κ3) is 3.65. The van der Waals surface area contributed by atoms with Gasteiger partial charge in [-0.15, -0.1) is 0 Å². The molecule has 1 amide bonds. The molecule has 6 heteroatoms. The largest absolute Gasteiger partial charge is 0.368 e. The van der Waals surface area contributed by atoms with Crippen LogP contribution < -0.4 is 15.5 Å². The third-order valence-electron chi connectivity index (χ3n) is 6.00. The van der Waals surface area contributed by atoms with Gasteiger partial charge in [-0.2, -0.15) is 0 Å². The standard InChI is InChI=1S/C25H23FN4O/c1-16-5-4-7-22-24(16)19(25(31)29-22)14-28-18-8-9-23(20(26)13-18)30-12-10-17(15-30)21-6-2-3-11-27-21/h2-9,11,13-14,17,28H,10,12,15H2,1H3,(H,29,31)/b19-14-. The number of pyridine rings is 1. The first-order chi connectivity index (χ1) is 15.1. The van der Waals surface area contributed by atoms with Gasteiger partial charge in [-0.05, 0) is 55.3 Å². The zero-order valence-corrected chi connectivity index (χ0v) is 17.2. The number of aryl methyl sites for hydroxylation is 1. The highest BCUT2D eigenvalue weighted by molar-refractivity contribution is 6.32. The van der Waals surface area contributed by atoms with Crippen molar-refractivity contribution in [2.24, 2.45) is 0 Å². The van der Waals surface area contributed by atoms with Crippen LogP contribution in [0.25, 0.3) is 5.57 Å². The van der Waals surface area contributed by atoms with Crippen molar-refractivity contribution < 1.29 is 9.18 Å². The number of benzene rings is 2. The van der Waals surface area contributed by atoms with E-state index in [-0.39, 0.29) is 11.7 Å². The molecular formula is C25H23FN4O. The number of nitrogens with one attached hydrogen (secondary N) is 2. The number of carbonyl (C=O) groups excluding carboxylic acids is 1. The monoisotopic (exact) mass is 414 g/mol. The van der Waals surface area contributed by atoms with Gasteiger partial charge < -0.3 is 15.5 Å². The number of amides is 1.